The largest absolute Gasteiger partial charge is 0.494 e. The number of rotatable bonds is 5. The lowest BCUT2D eigenvalue weighted by Gasteiger charge is -2.12. The van der Waals surface area contributed by atoms with Gasteiger partial charge in [-0.15, -0.1) is 0 Å². The van der Waals surface area contributed by atoms with Gasteiger partial charge in [-0.25, -0.2) is 0 Å². The van der Waals surface area contributed by atoms with Gasteiger partial charge in [0.2, 0.25) is 0 Å². The number of hydrogen-bond acceptors (Lipinski definition) is 3. The molecule has 4 heteroatoms. The smallest absolute Gasteiger partial charge is 0.255 e. The Morgan fingerprint density at radius 3 is 2.67 bits per heavy atom. The van der Waals surface area contributed by atoms with Crippen LogP contribution in [0, 0.1) is 6.92 Å². The summed E-state index contributed by atoms with van der Waals surface area (Å²) in [4.78, 5) is 12.3. The maximum Gasteiger partial charge on any atom is 0.255 e. The molecule has 0 aliphatic carbocycles. The molecule has 0 fully saturated rings. The summed E-state index contributed by atoms with van der Waals surface area (Å²) in [6, 6.07) is 13.0. The van der Waals surface area contributed by atoms with Crippen molar-refractivity contribution in [2.75, 3.05) is 11.9 Å². The molecule has 0 radical (unpaired) electrons. The van der Waals surface area contributed by atoms with E-state index < -0.39 is 0 Å². The number of amides is 1. The van der Waals surface area contributed by atoms with Gasteiger partial charge in [0.1, 0.15) is 5.75 Å². The van der Waals surface area contributed by atoms with Crippen molar-refractivity contribution in [3.05, 3.63) is 59.2 Å². The maximum absolute atomic E-state index is 12.3. The van der Waals surface area contributed by atoms with Gasteiger partial charge < -0.3 is 15.8 Å². The van der Waals surface area contributed by atoms with Crippen molar-refractivity contribution < 1.29 is 9.53 Å². The normalized spacial score (nSPS) is 10.2. The van der Waals surface area contributed by atoms with Crippen LogP contribution in [0.25, 0.3) is 0 Å². The SMILES string of the molecule is CCOc1ccc(NC(=O)c2ccccc2C)cc1CN. The highest BCUT2D eigenvalue weighted by molar-refractivity contribution is 6.05. The second-order valence-electron chi connectivity index (χ2n) is 4.73. The highest BCUT2D eigenvalue weighted by Crippen LogP contribution is 2.23. The third-order valence-electron chi connectivity index (χ3n) is 3.23. The zero-order valence-corrected chi connectivity index (χ0v) is 12.3. The number of carbonyl (C=O) groups is 1. The zero-order valence-electron chi connectivity index (χ0n) is 12.3. The fourth-order valence-corrected chi connectivity index (χ4v) is 2.14. The number of carbonyl (C=O) groups excluding carboxylic acids is 1. The molecular weight excluding hydrogens is 264 g/mol. The van der Waals surface area contributed by atoms with Crippen molar-refractivity contribution in [1.29, 1.82) is 0 Å². The number of benzene rings is 2. The molecule has 2 aromatic carbocycles. The van der Waals surface area contributed by atoms with E-state index >= 15 is 0 Å². The van der Waals surface area contributed by atoms with Crippen molar-refractivity contribution in [1.82, 2.24) is 0 Å². The van der Waals surface area contributed by atoms with Crippen molar-refractivity contribution in [2.45, 2.75) is 20.4 Å². The minimum atomic E-state index is -0.125. The summed E-state index contributed by atoms with van der Waals surface area (Å²) >= 11 is 0. The van der Waals surface area contributed by atoms with Gasteiger partial charge in [-0.3, -0.25) is 4.79 Å². The molecule has 2 rings (SSSR count). The van der Waals surface area contributed by atoms with Crippen molar-refractivity contribution >= 4 is 11.6 Å². The quantitative estimate of drug-likeness (QED) is 0.886. The molecule has 0 saturated heterocycles. The zero-order chi connectivity index (χ0) is 15.2. The van der Waals surface area contributed by atoms with E-state index in [1.807, 2.05) is 56.3 Å². The van der Waals surface area contributed by atoms with Crippen LogP contribution in [0.1, 0.15) is 28.4 Å². The van der Waals surface area contributed by atoms with Crippen LogP contribution in [0.5, 0.6) is 5.75 Å². The number of aryl methyl sites for hydroxylation is 1. The molecule has 110 valence electrons. The summed E-state index contributed by atoms with van der Waals surface area (Å²) in [5.74, 6) is 0.633. The minimum Gasteiger partial charge on any atom is -0.494 e. The molecule has 4 nitrogen and oxygen atoms in total. The Morgan fingerprint density at radius 2 is 2.00 bits per heavy atom. The first kappa shape index (κ1) is 15.1. The Labute approximate surface area is 124 Å². The van der Waals surface area contributed by atoms with Crippen molar-refractivity contribution in [3.63, 3.8) is 0 Å². The van der Waals surface area contributed by atoms with Crippen molar-refractivity contribution in [3.8, 4) is 5.75 Å². The molecule has 0 spiro atoms. The predicted molar refractivity (Wildman–Crippen MR) is 84.6 cm³/mol. The fraction of sp³-hybridized carbons (Fsp3) is 0.235. The van der Waals surface area contributed by atoms with E-state index in [0.717, 1.165) is 16.9 Å². The van der Waals surface area contributed by atoms with E-state index in [-0.39, 0.29) is 5.91 Å². The summed E-state index contributed by atoms with van der Waals surface area (Å²) in [5.41, 5.74) is 8.92. The molecule has 0 bridgehead atoms. The van der Waals surface area contributed by atoms with E-state index in [2.05, 4.69) is 5.32 Å². The van der Waals surface area contributed by atoms with Gasteiger partial charge in [-0.05, 0) is 43.7 Å². The lowest BCUT2D eigenvalue weighted by atomic mass is 10.1. The standard InChI is InChI=1S/C17H20N2O2/c1-3-21-16-9-8-14(10-13(16)11-18)19-17(20)15-7-5-4-6-12(15)2/h4-10H,3,11,18H2,1-2H3,(H,19,20). The van der Waals surface area contributed by atoms with E-state index in [9.17, 15) is 4.79 Å². The van der Waals surface area contributed by atoms with Crippen LogP contribution >= 0.6 is 0 Å². The number of nitrogens with one attached hydrogen (secondary N) is 1. The second kappa shape index (κ2) is 6.90. The molecule has 21 heavy (non-hydrogen) atoms. The van der Waals surface area contributed by atoms with E-state index in [1.54, 1.807) is 0 Å². The van der Waals surface area contributed by atoms with Gasteiger partial charge >= 0.3 is 0 Å². The van der Waals surface area contributed by atoms with Crippen molar-refractivity contribution in [2.24, 2.45) is 5.73 Å². The lowest BCUT2D eigenvalue weighted by molar-refractivity contribution is 0.102. The Morgan fingerprint density at radius 1 is 1.24 bits per heavy atom. The molecule has 0 atom stereocenters. The molecule has 3 N–H and O–H groups in total. The van der Waals surface area contributed by atoms with E-state index in [0.29, 0.717) is 24.4 Å². The average Bonchev–Trinajstić information content (AvgIpc) is 2.49. The average molecular weight is 284 g/mol. The van der Waals surface area contributed by atoms with Crippen LogP contribution < -0.4 is 15.8 Å². The first-order chi connectivity index (χ1) is 10.2. The third-order valence-corrected chi connectivity index (χ3v) is 3.23. The summed E-state index contributed by atoms with van der Waals surface area (Å²) in [5, 5.41) is 2.89. The second-order valence-corrected chi connectivity index (χ2v) is 4.73. The molecule has 2 aromatic rings. The monoisotopic (exact) mass is 284 g/mol. The molecule has 0 aromatic heterocycles. The van der Waals surface area contributed by atoms with Gasteiger partial charge in [0, 0.05) is 23.4 Å². The molecule has 1 amide bonds. The van der Waals surface area contributed by atoms with E-state index in [4.69, 9.17) is 10.5 Å². The van der Waals surface area contributed by atoms with Crippen LogP contribution in [-0.2, 0) is 6.54 Å². The fourth-order valence-electron chi connectivity index (χ4n) is 2.14. The molecular formula is C17H20N2O2. The summed E-state index contributed by atoms with van der Waals surface area (Å²) in [6.45, 7) is 4.79. The Balaban J connectivity index is 2.20. The number of hydrogen-bond donors (Lipinski definition) is 2. The number of nitrogens with two attached hydrogens (primary N) is 1. The van der Waals surface area contributed by atoms with Crippen LogP contribution in [0.2, 0.25) is 0 Å². The molecule has 0 heterocycles. The minimum absolute atomic E-state index is 0.125. The molecule has 0 aliphatic heterocycles. The van der Waals surface area contributed by atoms with Crippen LogP contribution in [0.3, 0.4) is 0 Å². The Bertz CT molecular complexity index is 638. The third kappa shape index (κ3) is 3.61. The maximum atomic E-state index is 12.3. The summed E-state index contributed by atoms with van der Waals surface area (Å²) < 4.78 is 5.50. The van der Waals surface area contributed by atoms with Crippen LogP contribution in [-0.4, -0.2) is 12.5 Å². The number of ether oxygens (including phenoxy) is 1. The molecule has 0 saturated carbocycles. The predicted octanol–water partition coefficient (Wildman–Crippen LogP) is 3.10. The summed E-state index contributed by atoms with van der Waals surface area (Å²) in [6.07, 6.45) is 0. The van der Waals surface area contributed by atoms with E-state index in [1.165, 1.54) is 0 Å². The van der Waals surface area contributed by atoms with Gasteiger partial charge in [-0.1, -0.05) is 18.2 Å². The first-order valence-corrected chi connectivity index (χ1v) is 6.98. The lowest BCUT2D eigenvalue weighted by Crippen LogP contribution is -2.14. The molecule has 0 aliphatic rings. The summed E-state index contributed by atoms with van der Waals surface area (Å²) in [7, 11) is 0. The van der Waals surface area contributed by atoms with Gasteiger partial charge in [0.15, 0.2) is 0 Å². The van der Waals surface area contributed by atoms with Crippen LogP contribution in [0.4, 0.5) is 5.69 Å². The Hall–Kier alpha value is -2.33. The van der Waals surface area contributed by atoms with Gasteiger partial charge in [0.05, 0.1) is 6.61 Å². The van der Waals surface area contributed by atoms with Gasteiger partial charge in [-0.2, -0.15) is 0 Å². The number of anilines is 1. The highest BCUT2D eigenvalue weighted by atomic mass is 16.5. The van der Waals surface area contributed by atoms with Gasteiger partial charge in [0.25, 0.3) is 5.91 Å². The first-order valence-electron chi connectivity index (χ1n) is 6.98. The highest BCUT2D eigenvalue weighted by Gasteiger charge is 2.10. The topological polar surface area (TPSA) is 64.3 Å². The molecule has 0 unspecified atom stereocenters. The Kier molecular flexibility index (Phi) is 4.95. The van der Waals surface area contributed by atoms with Crippen LogP contribution in [0.15, 0.2) is 42.5 Å².